The maximum absolute atomic E-state index is 15.7. The van der Waals surface area contributed by atoms with E-state index in [2.05, 4.69) is 24.9 Å². The fourth-order valence-electron chi connectivity index (χ4n) is 17.0. The summed E-state index contributed by atoms with van der Waals surface area (Å²) in [5, 5.41) is 0. The summed E-state index contributed by atoms with van der Waals surface area (Å²) < 4.78 is 201. The van der Waals surface area contributed by atoms with Crippen LogP contribution >= 0.6 is 0 Å². The van der Waals surface area contributed by atoms with Crippen LogP contribution in [-0.4, -0.2) is 203 Å². The molecule has 8 aliphatic heterocycles. The third-order valence-corrected chi connectivity index (χ3v) is 23.8. The van der Waals surface area contributed by atoms with Gasteiger partial charge in [0.25, 0.3) is 23.7 Å². The van der Waals surface area contributed by atoms with Gasteiger partial charge in [-0.05, 0) is 90.9 Å². The second-order valence-electron chi connectivity index (χ2n) is 30.3. The molecule has 23 nitrogen and oxygen atoms in total. The normalized spacial score (nSPS) is 30.9. The number of anilines is 8. The lowest BCUT2D eigenvalue weighted by Crippen LogP contribution is -2.57. The van der Waals surface area contributed by atoms with Crippen molar-refractivity contribution in [3.05, 3.63) is 45.0 Å². The van der Waals surface area contributed by atoms with Crippen molar-refractivity contribution >= 4 is 70.9 Å². The molecule has 0 amide bonds. The van der Waals surface area contributed by atoms with Gasteiger partial charge < -0.3 is 53.4 Å². The van der Waals surface area contributed by atoms with Gasteiger partial charge in [-0.2, -0.15) is 55.1 Å². The molecule has 0 N–H and O–H groups in total. The van der Waals surface area contributed by atoms with Gasteiger partial charge in [-0.15, -0.1) is 0 Å². The number of alkyl halides is 12. The minimum absolute atomic E-state index is 0.0109. The zero-order valence-corrected chi connectivity index (χ0v) is 57.0. The highest BCUT2D eigenvalue weighted by atomic mass is 19.3. The largest absolute Gasteiger partial charge is 0.450 e. The van der Waals surface area contributed by atoms with Crippen LogP contribution in [0.5, 0.6) is 0 Å². The van der Waals surface area contributed by atoms with Crippen molar-refractivity contribution < 1.29 is 86.1 Å². The first-order valence-corrected chi connectivity index (χ1v) is 35.8. The van der Waals surface area contributed by atoms with Crippen molar-refractivity contribution in [3.63, 3.8) is 0 Å². The summed E-state index contributed by atoms with van der Waals surface area (Å²) in [7, 11) is 0. The molecular formula is C68H78F12N16O7. The predicted octanol–water partition coefficient (Wildman–Crippen LogP) is 8.26. The van der Waals surface area contributed by atoms with E-state index in [1.807, 2.05) is 0 Å². The van der Waals surface area contributed by atoms with Crippen LogP contribution in [0.4, 0.5) is 99.7 Å². The van der Waals surface area contributed by atoms with E-state index in [4.69, 9.17) is 29.2 Å². The van der Waals surface area contributed by atoms with Crippen LogP contribution in [0.25, 0.3) is 0 Å². The Hall–Kier alpha value is -8.04. The first-order chi connectivity index (χ1) is 48.9. The maximum atomic E-state index is 15.7. The fourth-order valence-corrected chi connectivity index (χ4v) is 17.0. The first kappa shape index (κ1) is 69.3. The van der Waals surface area contributed by atoms with E-state index >= 15 is 44.7 Å². The van der Waals surface area contributed by atoms with Crippen LogP contribution in [0.1, 0.15) is 137 Å². The molecule has 0 aromatic carbocycles. The van der Waals surface area contributed by atoms with E-state index in [9.17, 15) is 27.2 Å². The minimum atomic E-state index is -3.38. The van der Waals surface area contributed by atoms with Crippen molar-refractivity contribution in [2.45, 2.75) is 202 Å². The van der Waals surface area contributed by atoms with Gasteiger partial charge in [0.15, 0.2) is 0 Å². The zero-order valence-electron chi connectivity index (χ0n) is 57.0. The number of hydrogen-bond acceptors (Lipinski definition) is 23. The van der Waals surface area contributed by atoms with Crippen LogP contribution in [-0.2, 0) is 82.8 Å². The molecule has 14 atom stereocenters. The second-order valence-corrected chi connectivity index (χ2v) is 30.3. The molecule has 0 saturated carbocycles. The molecule has 0 bridgehead atoms. The van der Waals surface area contributed by atoms with Gasteiger partial charge in [0.1, 0.15) is 70.7 Å². The van der Waals surface area contributed by atoms with E-state index in [-0.39, 0.29) is 193 Å². The summed E-state index contributed by atoms with van der Waals surface area (Å²) in [5.41, 5.74) is -1.29. The highest BCUT2D eigenvalue weighted by Gasteiger charge is 2.54. The van der Waals surface area contributed by atoms with Gasteiger partial charge in [0, 0.05) is 112 Å². The topological polar surface area (TPSA) is 225 Å². The standard InChI is InChI=1S/C68H78F12N16O7/c1-31-43(69)27-93(31)61-81-51-39(5-13-65(51,73)74)55(85-61)89-17-9-35(23-89)21-47(97)101-49(37-11-19-91(25-37)57-41-7-15-67(77,78)53(41)83-63(87-57)95-29-45(71)33(95)3)60(100)103-50(38-12-20-92(26-38)58-42-8-16-68(79,80)54(42)84-64(88-58)96-30-46(72)34(96)4)59(99)102-48(98)22-36-10-18-90(24-36)56-40-6-14-66(75,76)52(40)82-62(86-56)94-28-44(70)32(94)2/h31-38,43-46,49-50H,5-30H2,1-4H3/t31-,32+,33-,34+,35-,36+,37+,38-,43-,44+,45-,46+,49?,50?/m1/s1. The van der Waals surface area contributed by atoms with E-state index < -0.39 is 187 Å². The third-order valence-electron chi connectivity index (χ3n) is 23.8. The lowest BCUT2D eigenvalue weighted by molar-refractivity contribution is -0.186. The number of carbonyl (C=O) groups is 4. The maximum Gasteiger partial charge on any atom is 0.355 e. The average Bonchev–Trinajstić information content (AvgIpc) is 1.59. The number of ether oxygens (including phenoxy) is 3. The SMILES string of the molecule is C[C@@H]1[C@H](F)CN1c1nc(N2CC[C@H](CC(=O)OC(C(=O)OC(C(=O)OC(=O)C[C@@H]3CCN(c4nc(N5C[C@H](F)[C@@H]5C)nc5c4CCC5(F)F)C3)[C@@H]3CCN(c4nc(N5C[C@H](F)[C@@H]5C)nc5c4CCC5(F)F)C3)[C@H]3CCN(c4nc(N5C[C@@H](F)[C@H]5C)nc5c4CCC5(F)F)C3)C2)c2c(n1)C(F)(F)CC2. The molecule has 8 saturated heterocycles. The second kappa shape index (κ2) is 25.4. The zero-order chi connectivity index (χ0) is 72.4. The molecule has 4 aromatic rings. The summed E-state index contributed by atoms with van der Waals surface area (Å²) in [6.07, 6.45) is -11.6. The van der Waals surface area contributed by atoms with Crippen LogP contribution in [0, 0.1) is 23.7 Å². The van der Waals surface area contributed by atoms with Crippen molar-refractivity contribution in [1.29, 1.82) is 0 Å². The Morgan fingerprint density at radius 2 is 0.680 bits per heavy atom. The Kier molecular flexibility index (Phi) is 17.1. The van der Waals surface area contributed by atoms with Crippen molar-refractivity contribution in [3.8, 4) is 0 Å². The molecule has 12 heterocycles. The molecule has 35 heteroatoms. The molecule has 0 spiro atoms. The molecule has 16 rings (SSSR count). The van der Waals surface area contributed by atoms with Crippen molar-refractivity contribution in [2.75, 3.05) is 118 Å². The quantitative estimate of drug-likeness (QED) is 0.0395. The number of halogens is 12. The Balaban J connectivity index is 0.688. The van der Waals surface area contributed by atoms with E-state index in [1.54, 1.807) is 47.3 Å². The predicted molar refractivity (Wildman–Crippen MR) is 345 cm³/mol. The summed E-state index contributed by atoms with van der Waals surface area (Å²) >= 11 is 0. The van der Waals surface area contributed by atoms with Gasteiger partial charge in [-0.3, -0.25) is 9.59 Å². The van der Waals surface area contributed by atoms with Crippen molar-refractivity contribution in [2.24, 2.45) is 23.7 Å². The molecule has 4 aliphatic carbocycles. The molecule has 0 radical (unpaired) electrons. The lowest BCUT2D eigenvalue weighted by Gasteiger charge is -2.42. The summed E-state index contributed by atoms with van der Waals surface area (Å²) in [6.45, 7) is 6.13. The van der Waals surface area contributed by atoms with Gasteiger partial charge in [-0.1, -0.05) is 0 Å². The monoisotopic (exact) mass is 1460 g/mol. The Morgan fingerprint density at radius 1 is 0.388 bits per heavy atom. The van der Waals surface area contributed by atoms with E-state index in [0.717, 1.165) is 0 Å². The van der Waals surface area contributed by atoms with Crippen LogP contribution < -0.4 is 39.2 Å². The number of aromatic nitrogens is 8. The Morgan fingerprint density at radius 3 is 0.990 bits per heavy atom. The lowest BCUT2D eigenvalue weighted by atomic mass is 9.99. The van der Waals surface area contributed by atoms with Crippen LogP contribution in [0.3, 0.4) is 0 Å². The van der Waals surface area contributed by atoms with Gasteiger partial charge in [-0.25, -0.2) is 47.1 Å². The highest BCUT2D eigenvalue weighted by molar-refractivity contribution is 5.90. The molecule has 8 fully saturated rings. The number of fused-ring (bicyclic) bond motifs is 4. The average molecular weight is 1460 g/mol. The molecular weight excluding hydrogens is 1380 g/mol. The minimum Gasteiger partial charge on any atom is -0.450 e. The smallest absolute Gasteiger partial charge is 0.355 e. The van der Waals surface area contributed by atoms with Crippen molar-refractivity contribution in [1.82, 2.24) is 39.9 Å². The van der Waals surface area contributed by atoms with E-state index in [0.29, 0.717) is 12.8 Å². The molecule has 103 heavy (non-hydrogen) atoms. The molecule has 556 valence electrons. The third kappa shape index (κ3) is 12.1. The number of esters is 4. The molecule has 2 unspecified atom stereocenters. The Bertz CT molecular complexity index is 4100. The highest BCUT2D eigenvalue weighted by Crippen LogP contribution is 2.51. The first-order valence-electron chi connectivity index (χ1n) is 35.8. The fraction of sp³-hybridized carbons (Fsp3) is 0.706. The summed E-state index contributed by atoms with van der Waals surface area (Å²) in [6, 6.07) is -2.81. The molecule has 12 aliphatic rings. The summed E-state index contributed by atoms with van der Waals surface area (Å²) in [5.74, 6) is -21.0. The number of carbonyl (C=O) groups excluding carboxylic acids is 4. The van der Waals surface area contributed by atoms with Gasteiger partial charge >= 0.3 is 23.9 Å². The van der Waals surface area contributed by atoms with Gasteiger partial charge in [0.05, 0.1) is 63.2 Å². The number of hydrogen-bond donors (Lipinski definition) is 0. The summed E-state index contributed by atoms with van der Waals surface area (Å²) in [4.78, 5) is 108. The van der Waals surface area contributed by atoms with Gasteiger partial charge in [0.2, 0.25) is 36.0 Å². The van der Waals surface area contributed by atoms with E-state index in [1.165, 1.54) is 19.6 Å². The van der Waals surface area contributed by atoms with Crippen LogP contribution in [0.15, 0.2) is 0 Å². The number of rotatable bonds is 18. The molecule has 4 aromatic heterocycles. The Labute approximate surface area is 583 Å². The number of nitrogens with zero attached hydrogens (tertiary/aromatic N) is 16. The van der Waals surface area contributed by atoms with Crippen LogP contribution in [0.2, 0.25) is 0 Å².